The average Bonchev–Trinajstić information content (AvgIpc) is 3.29. The average molecular weight is 421 g/mol. The molecule has 7 heteroatoms. The van der Waals surface area contributed by atoms with Crippen molar-refractivity contribution in [3.8, 4) is 22.7 Å². The number of para-hydroxylation sites is 1. The molecule has 1 N–H and O–H groups in total. The Hall–Kier alpha value is -3.16. The van der Waals surface area contributed by atoms with Crippen LogP contribution in [-0.4, -0.2) is 67.1 Å². The molecule has 0 radical (unpaired) electrons. The molecule has 7 nitrogen and oxygen atoms in total. The highest BCUT2D eigenvalue weighted by molar-refractivity contribution is 5.99. The van der Waals surface area contributed by atoms with E-state index in [9.17, 15) is 4.79 Å². The standard InChI is InChI=1S/C24H28N4O3/c1-30-21-10-8-19(9-11-21)23-22(18-28(26-23)20-6-3-2-4-7-20)24(29)25-12-5-13-27-14-16-31-17-15-27/h2-4,6-11,18H,5,12-17H2,1H3,(H,25,29). The minimum Gasteiger partial charge on any atom is -0.497 e. The normalized spacial score (nSPS) is 14.4. The van der Waals surface area contributed by atoms with Gasteiger partial charge >= 0.3 is 0 Å². The second-order valence-corrected chi connectivity index (χ2v) is 7.46. The van der Waals surface area contributed by atoms with E-state index in [1.54, 1.807) is 18.0 Å². The van der Waals surface area contributed by atoms with E-state index in [2.05, 4.69) is 10.2 Å². The number of amides is 1. The van der Waals surface area contributed by atoms with Crippen LogP contribution in [0.15, 0.2) is 60.8 Å². The van der Waals surface area contributed by atoms with Crippen molar-refractivity contribution >= 4 is 5.91 Å². The van der Waals surface area contributed by atoms with Gasteiger partial charge in [-0.2, -0.15) is 5.10 Å². The Morgan fingerprint density at radius 2 is 1.84 bits per heavy atom. The van der Waals surface area contributed by atoms with Gasteiger partial charge in [-0.15, -0.1) is 0 Å². The van der Waals surface area contributed by atoms with Crippen molar-refractivity contribution in [1.82, 2.24) is 20.0 Å². The molecule has 31 heavy (non-hydrogen) atoms. The molecule has 1 aliphatic heterocycles. The summed E-state index contributed by atoms with van der Waals surface area (Å²) >= 11 is 0. The van der Waals surface area contributed by atoms with Crippen molar-refractivity contribution in [2.75, 3.05) is 46.5 Å². The van der Waals surface area contributed by atoms with Crippen molar-refractivity contribution in [3.05, 3.63) is 66.4 Å². The fourth-order valence-corrected chi connectivity index (χ4v) is 3.64. The summed E-state index contributed by atoms with van der Waals surface area (Å²) in [5.74, 6) is 0.648. The Balaban J connectivity index is 1.50. The maximum absolute atomic E-state index is 13.0. The topological polar surface area (TPSA) is 68.6 Å². The maximum Gasteiger partial charge on any atom is 0.255 e. The van der Waals surface area contributed by atoms with Crippen molar-refractivity contribution < 1.29 is 14.3 Å². The highest BCUT2D eigenvalue weighted by Crippen LogP contribution is 2.26. The molecule has 1 aliphatic rings. The molecular weight excluding hydrogens is 392 g/mol. The SMILES string of the molecule is COc1ccc(-c2nn(-c3ccccc3)cc2C(=O)NCCCN2CCOCC2)cc1. The Morgan fingerprint density at radius 3 is 2.55 bits per heavy atom. The van der Waals surface area contributed by atoms with Crippen LogP contribution in [0, 0.1) is 0 Å². The van der Waals surface area contributed by atoms with Crippen LogP contribution in [0.4, 0.5) is 0 Å². The molecule has 3 aromatic rings. The summed E-state index contributed by atoms with van der Waals surface area (Å²) in [7, 11) is 1.63. The Kier molecular flexibility index (Phi) is 6.96. The zero-order chi connectivity index (χ0) is 21.5. The lowest BCUT2D eigenvalue weighted by Gasteiger charge is -2.26. The highest BCUT2D eigenvalue weighted by Gasteiger charge is 2.19. The van der Waals surface area contributed by atoms with E-state index in [4.69, 9.17) is 14.6 Å². The first-order valence-electron chi connectivity index (χ1n) is 10.6. The lowest BCUT2D eigenvalue weighted by atomic mass is 10.1. The van der Waals surface area contributed by atoms with Gasteiger partial charge in [-0.1, -0.05) is 18.2 Å². The van der Waals surface area contributed by atoms with Crippen LogP contribution >= 0.6 is 0 Å². The second kappa shape index (κ2) is 10.2. The molecule has 0 atom stereocenters. The molecule has 0 aliphatic carbocycles. The smallest absolute Gasteiger partial charge is 0.255 e. The number of aromatic nitrogens is 2. The van der Waals surface area contributed by atoms with Crippen molar-refractivity contribution in [1.29, 1.82) is 0 Å². The predicted molar refractivity (Wildman–Crippen MR) is 120 cm³/mol. The van der Waals surface area contributed by atoms with Crippen LogP contribution in [0.5, 0.6) is 5.75 Å². The quantitative estimate of drug-likeness (QED) is 0.568. The van der Waals surface area contributed by atoms with Crippen molar-refractivity contribution in [2.45, 2.75) is 6.42 Å². The monoisotopic (exact) mass is 420 g/mol. The Morgan fingerprint density at radius 1 is 1.10 bits per heavy atom. The first-order chi connectivity index (χ1) is 15.2. The summed E-state index contributed by atoms with van der Waals surface area (Å²) < 4.78 is 12.4. The van der Waals surface area contributed by atoms with Crippen molar-refractivity contribution in [2.24, 2.45) is 0 Å². The minimum atomic E-state index is -0.116. The minimum absolute atomic E-state index is 0.116. The van der Waals surface area contributed by atoms with Gasteiger partial charge in [-0.25, -0.2) is 4.68 Å². The highest BCUT2D eigenvalue weighted by atomic mass is 16.5. The molecule has 1 fully saturated rings. The molecule has 1 saturated heterocycles. The zero-order valence-electron chi connectivity index (χ0n) is 17.8. The summed E-state index contributed by atoms with van der Waals surface area (Å²) in [4.78, 5) is 15.4. The summed E-state index contributed by atoms with van der Waals surface area (Å²) in [6, 6.07) is 17.4. The van der Waals surface area contributed by atoms with Crippen LogP contribution < -0.4 is 10.1 Å². The molecular formula is C24H28N4O3. The van der Waals surface area contributed by atoms with Gasteiger partial charge in [0.15, 0.2) is 0 Å². The van der Waals surface area contributed by atoms with Crippen LogP contribution in [0.2, 0.25) is 0 Å². The van der Waals surface area contributed by atoms with Gasteiger partial charge in [0.1, 0.15) is 11.4 Å². The summed E-state index contributed by atoms with van der Waals surface area (Å²) in [5, 5.41) is 7.78. The maximum atomic E-state index is 13.0. The van der Waals surface area contributed by atoms with Crippen LogP contribution in [-0.2, 0) is 4.74 Å². The first kappa shape index (κ1) is 21.1. The van der Waals surface area contributed by atoms with E-state index >= 15 is 0 Å². The van der Waals surface area contributed by atoms with E-state index in [1.807, 2.05) is 54.6 Å². The molecule has 1 aromatic heterocycles. The van der Waals surface area contributed by atoms with Gasteiger partial charge in [-0.3, -0.25) is 9.69 Å². The Labute approximate surface area is 182 Å². The molecule has 2 heterocycles. The Bertz CT molecular complexity index is 980. The van der Waals surface area contributed by atoms with Gasteiger partial charge in [0.2, 0.25) is 0 Å². The van der Waals surface area contributed by atoms with E-state index in [0.29, 0.717) is 17.8 Å². The predicted octanol–water partition coefficient (Wildman–Crippen LogP) is 3.00. The number of hydrogen-bond donors (Lipinski definition) is 1. The molecule has 162 valence electrons. The number of ether oxygens (including phenoxy) is 2. The number of methoxy groups -OCH3 is 1. The van der Waals surface area contributed by atoms with Crippen LogP contribution in [0.25, 0.3) is 16.9 Å². The summed E-state index contributed by atoms with van der Waals surface area (Å²) in [5.41, 5.74) is 2.98. The van der Waals surface area contributed by atoms with E-state index in [0.717, 1.165) is 56.3 Å². The van der Waals surface area contributed by atoms with Crippen LogP contribution in [0.3, 0.4) is 0 Å². The second-order valence-electron chi connectivity index (χ2n) is 7.46. The molecule has 0 saturated carbocycles. The van der Waals surface area contributed by atoms with Crippen LogP contribution in [0.1, 0.15) is 16.8 Å². The van der Waals surface area contributed by atoms with Gasteiger partial charge in [0, 0.05) is 31.4 Å². The fraction of sp³-hybridized carbons (Fsp3) is 0.333. The van der Waals surface area contributed by atoms with Crippen molar-refractivity contribution in [3.63, 3.8) is 0 Å². The zero-order valence-corrected chi connectivity index (χ0v) is 17.8. The summed E-state index contributed by atoms with van der Waals surface area (Å²) in [6.45, 7) is 5.07. The van der Waals surface area contributed by atoms with Gasteiger partial charge in [0.05, 0.1) is 31.6 Å². The number of nitrogens with zero attached hydrogens (tertiary/aromatic N) is 3. The molecule has 0 spiro atoms. The van der Waals surface area contributed by atoms with E-state index in [1.165, 1.54) is 0 Å². The fourth-order valence-electron chi connectivity index (χ4n) is 3.64. The largest absolute Gasteiger partial charge is 0.497 e. The number of morpholine rings is 1. The lowest BCUT2D eigenvalue weighted by Crippen LogP contribution is -2.38. The molecule has 0 bridgehead atoms. The third kappa shape index (κ3) is 5.31. The van der Waals surface area contributed by atoms with Gasteiger partial charge < -0.3 is 14.8 Å². The lowest BCUT2D eigenvalue weighted by molar-refractivity contribution is 0.0374. The molecule has 4 rings (SSSR count). The number of nitrogens with one attached hydrogen (secondary N) is 1. The van der Waals surface area contributed by atoms with Gasteiger partial charge in [-0.05, 0) is 49.4 Å². The summed E-state index contributed by atoms with van der Waals surface area (Å²) in [6.07, 6.45) is 2.70. The third-order valence-electron chi connectivity index (χ3n) is 5.38. The number of rotatable bonds is 8. The molecule has 2 aromatic carbocycles. The first-order valence-corrected chi connectivity index (χ1v) is 10.6. The number of hydrogen-bond acceptors (Lipinski definition) is 5. The van der Waals surface area contributed by atoms with Gasteiger partial charge in [0.25, 0.3) is 5.91 Å². The number of carbonyl (C=O) groups is 1. The molecule has 1 amide bonds. The van der Waals surface area contributed by atoms with E-state index < -0.39 is 0 Å². The third-order valence-corrected chi connectivity index (χ3v) is 5.38. The van der Waals surface area contributed by atoms with E-state index in [-0.39, 0.29) is 5.91 Å². The number of benzene rings is 2. The number of carbonyl (C=O) groups excluding carboxylic acids is 1. The molecule has 0 unspecified atom stereocenters.